The van der Waals surface area contributed by atoms with Gasteiger partial charge in [-0.3, -0.25) is 4.79 Å². The first-order valence-corrected chi connectivity index (χ1v) is 9.89. The third-order valence-corrected chi connectivity index (χ3v) is 5.69. The quantitative estimate of drug-likeness (QED) is 0.565. The molecule has 7 heteroatoms. The number of thioether (sulfide) groups is 1. The van der Waals surface area contributed by atoms with Crippen LogP contribution in [0.4, 0.5) is 5.13 Å². The van der Waals surface area contributed by atoms with Crippen molar-refractivity contribution in [3.63, 3.8) is 0 Å². The highest BCUT2D eigenvalue weighted by atomic mass is 35.5. The Balaban J connectivity index is 1.67. The van der Waals surface area contributed by atoms with Crippen LogP contribution in [-0.2, 0) is 4.79 Å². The lowest BCUT2D eigenvalue weighted by molar-refractivity contribution is -0.115. The lowest BCUT2D eigenvalue weighted by Gasteiger charge is -2.10. The molecule has 3 aromatic rings. The number of benzene rings is 2. The summed E-state index contributed by atoms with van der Waals surface area (Å²) >= 11 is 8.81. The molecule has 0 aliphatic rings. The summed E-state index contributed by atoms with van der Waals surface area (Å²) in [5.74, 6) is 0.729. The summed E-state index contributed by atoms with van der Waals surface area (Å²) < 4.78 is 6.48. The molecule has 130 valence electrons. The van der Waals surface area contributed by atoms with Crippen molar-refractivity contribution in [3.8, 4) is 5.75 Å². The maximum atomic E-state index is 12.4. The van der Waals surface area contributed by atoms with Crippen molar-refractivity contribution in [1.82, 2.24) is 4.98 Å². The van der Waals surface area contributed by atoms with Crippen molar-refractivity contribution in [3.05, 3.63) is 47.5 Å². The molecule has 0 spiro atoms. The largest absolute Gasteiger partial charge is 0.494 e. The van der Waals surface area contributed by atoms with Gasteiger partial charge < -0.3 is 10.1 Å². The van der Waals surface area contributed by atoms with Crippen LogP contribution in [0, 0.1) is 0 Å². The lowest BCUT2D eigenvalue weighted by atomic mass is 10.3. The fourth-order valence-corrected chi connectivity index (χ4v) is 4.08. The van der Waals surface area contributed by atoms with E-state index in [-0.39, 0.29) is 11.2 Å². The van der Waals surface area contributed by atoms with Crippen LogP contribution in [0.5, 0.6) is 5.75 Å². The number of amides is 1. The number of nitrogens with one attached hydrogen (secondary N) is 1. The minimum Gasteiger partial charge on any atom is -0.494 e. The van der Waals surface area contributed by atoms with E-state index in [1.165, 1.54) is 23.1 Å². The van der Waals surface area contributed by atoms with Gasteiger partial charge in [-0.25, -0.2) is 4.98 Å². The second-order valence-corrected chi connectivity index (χ2v) is 8.17. The first-order chi connectivity index (χ1) is 12.0. The van der Waals surface area contributed by atoms with Gasteiger partial charge >= 0.3 is 0 Å². The van der Waals surface area contributed by atoms with Crippen molar-refractivity contribution >= 4 is 56.0 Å². The Morgan fingerprint density at radius 1 is 1.32 bits per heavy atom. The predicted molar refractivity (Wildman–Crippen MR) is 106 cm³/mol. The number of hydrogen-bond donors (Lipinski definition) is 1. The lowest BCUT2D eigenvalue weighted by Crippen LogP contribution is -2.22. The average Bonchev–Trinajstić information content (AvgIpc) is 2.98. The van der Waals surface area contributed by atoms with E-state index in [0.717, 1.165) is 20.9 Å². The van der Waals surface area contributed by atoms with Gasteiger partial charge in [-0.15, -0.1) is 11.8 Å². The summed E-state index contributed by atoms with van der Waals surface area (Å²) in [5.41, 5.74) is 0.849. The van der Waals surface area contributed by atoms with Gasteiger partial charge in [-0.1, -0.05) is 22.9 Å². The fourth-order valence-electron chi connectivity index (χ4n) is 2.19. The number of carbonyl (C=O) groups is 1. The molecule has 1 heterocycles. The molecule has 0 radical (unpaired) electrons. The topological polar surface area (TPSA) is 51.2 Å². The first-order valence-electron chi connectivity index (χ1n) is 7.81. The molecule has 0 aliphatic heterocycles. The molecule has 1 unspecified atom stereocenters. The molecule has 1 atom stereocenters. The Kier molecular flexibility index (Phi) is 5.83. The van der Waals surface area contributed by atoms with E-state index in [9.17, 15) is 4.79 Å². The number of anilines is 1. The number of fused-ring (bicyclic) bond motifs is 1. The zero-order valence-corrected chi connectivity index (χ0v) is 16.2. The number of carbonyl (C=O) groups excluding carboxylic acids is 1. The molecule has 1 aromatic heterocycles. The van der Waals surface area contributed by atoms with Gasteiger partial charge in [-0.05, 0) is 56.3 Å². The fraction of sp³-hybridized carbons (Fsp3) is 0.222. The summed E-state index contributed by atoms with van der Waals surface area (Å²) in [6, 6.07) is 13.2. The zero-order valence-electron chi connectivity index (χ0n) is 13.8. The molecule has 1 N–H and O–H groups in total. The van der Waals surface area contributed by atoms with Gasteiger partial charge in [0.25, 0.3) is 0 Å². The normalized spacial score (nSPS) is 12.1. The smallest absolute Gasteiger partial charge is 0.239 e. The summed E-state index contributed by atoms with van der Waals surface area (Å²) in [7, 11) is 0. The van der Waals surface area contributed by atoms with Gasteiger partial charge in [0.2, 0.25) is 5.91 Å². The van der Waals surface area contributed by atoms with Crippen LogP contribution in [0.25, 0.3) is 10.2 Å². The van der Waals surface area contributed by atoms with Crippen molar-refractivity contribution in [2.24, 2.45) is 0 Å². The van der Waals surface area contributed by atoms with E-state index in [1.54, 1.807) is 0 Å². The van der Waals surface area contributed by atoms with Crippen molar-refractivity contribution in [1.29, 1.82) is 0 Å². The number of ether oxygens (including phenoxy) is 1. The standard InChI is InChI=1S/C18H17ClN2O2S2/c1-3-23-13-6-9-15-16(10-13)25-18(20-15)21-17(22)11(2)24-14-7-4-12(19)5-8-14/h4-11H,3H2,1-2H3,(H,20,21,22). The molecule has 3 rings (SSSR count). The second kappa shape index (κ2) is 8.08. The van der Waals surface area contributed by atoms with E-state index in [1.807, 2.05) is 56.3 Å². The van der Waals surface area contributed by atoms with Crippen LogP contribution < -0.4 is 10.1 Å². The summed E-state index contributed by atoms with van der Waals surface area (Å²) in [6.45, 7) is 4.44. The molecule has 1 amide bonds. The highest BCUT2D eigenvalue weighted by Crippen LogP contribution is 2.30. The van der Waals surface area contributed by atoms with E-state index >= 15 is 0 Å². The molecule has 0 bridgehead atoms. The van der Waals surface area contributed by atoms with Crippen molar-refractivity contribution in [2.45, 2.75) is 24.0 Å². The Hall–Kier alpha value is -1.76. The van der Waals surface area contributed by atoms with Gasteiger partial charge in [0.05, 0.1) is 22.1 Å². The Morgan fingerprint density at radius 2 is 2.08 bits per heavy atom. The highest BCUT2D eigenvalue weighted by Gasteiger charge is 2.16. The summed E-state index contributed by atoms with van der Waals surface area (Å²) in [4.78, 5) is 17.9. The van der Waals surface area contributed by atoms with Crippen molar-refractivity contribution in [2.75, 3.05) is 11.9 Å². The zero-order chi connectivity index (χ0) is 17.8. The number of nitrogens with zero attached hydrogens (tertiary/aromatic N) is 1. The molecule has 0 fully saturated rings. The SMILES string of the molecule is CCOc1ccc2nc(NC(=O)C(C)Sc3ccc(Cl)cc3)sc2c1. The Bertz CT molecular complexity index is 880. The molecule has 0 aliphatic carbocycles. The second-order valence-electron chi connectivity index (χ2n) is 5.28. The molecular weight excluding hydrogens is 376 g/mol. The molecule has 0 saturated carbocycles. The third-order valence-electron chi connectivity index (χ3n) is 3.40. The number of aromatic nitrogens is 1. The molecule has 0 saturated heterocycles. The van der Waals surface area contributed by atoms with Crippen molar-refractivity contribution < 1.29 is 9.53 Å². The maximum absolute atomic E-state index is 12.4. The van der Waals surface area contributed by atoms with Crippen LogP contribution >= 0.6 is 34.7 Å². The van der Waals surface area contributed by atoms with Gasteiger partial charge in [-0.2, -0.15) is 0 Å². The maximum Gasteiger partial charge on any atom is 0.239 e. The number of rotatable bonds is 6. The van der Waals surface area contributed by atoms with Crippen LogP contribution in [0.3, 0.4) is 0 Å². The van der Waals surface area contributed by atoms with Crippen LogP contribution in [0.1, 0.15) is 13.8 Å². The number of thiazole rings is 1. The van der Waals surface area contributed by atoms with Gasteiger partial charge in [0, 0.05) is 9.92 Å². The molecule has 25 heavy (non-hydrogen) atoms. The van der Waals surface area contributed by atoms with E-state index in [0.29, 0.717) is 16.8 Å². The van der Waals surface area contributed by atoms with Crippen LogP contribution in [0.2, 0.25) is 5.02 Å². The summed E-state index contributed by atoms with van der Waals surface area (Å²) in [6.07, 6.45) is 0. The highest BCUT2D eigenvalue weighted by molar-refractivity contribution is 8.00. The average molecular weight is 393 g/mol. The van der Waals surface area contributed by atoms with E-state index in [4.69, 9.17) is 16.3 Å². The van der Waals surface area contributed by atoms with Crippen LogP contribution in [-0.4, -0.2) is 22.7 Å². The molecular formula is C18H17ClN2O2S2. The Morgan fingerprint density at radius 3 is 2.80 bits per heavy atom. The molecule has 4 nitrogen and oxygen atoms in total. The van der Waals surface area contributed by atoms with Gasteiger partial charge in [0.15, 0.2) is 5.13 Å². The third kappa shape index (κ3) is 4.66. The minimum atomic E-state index is -0.243. The monoisotopic (exact) mass is 392 g/mol. The van der Waals surface area contributed by atoms with Crippen LogP contribution in [0.15, 0.2) is 47.4 Å². The number of hydrogen-bond acceptors (Lipinski definition) is 5. The first kappa shape index (κ1) is 18.0. The summed E-state index contributed by atoms with van der Waals surface area (Å²) in [5, 5.41) is 3.93. The molecule has 2 aromatic carbocycles. The van der Waals surface area contributed by atoms with E-state index in [2.05, 4.69) is 10.3 Å². The number of halogens is 1. The van der Waals surface area contributed by atoms with Gasteiger partial charge in [0.1, 0.15) is 5.75 Å². The predicted octanol–water partition coefficient (Wildman–Crippen LogP) is 5.47. The Labute approximate surface area is 159 Å². The van der Waals surface area contributed by atoms with E-state index < -0.39 is 0 Å². The minimum absolute atomic E-state index is 0.0796.